The van der Waals surface area contributed by atoms with Gasteiger partial charge in [0.1, 0.15) is 18.1 Å². The Hall–Kier alpha value is -3.42. The topological polar surface area (TPSA) is 79.9 Å². The Bertz CT molecular complexity index is 1180. The average Bonchev–Trinajstić information content (AvgIpc) is 3.25. The van der Waals surface area contributed by atoms with Gasteiger partial charge in [-0.05, 0) is 55.5 Å². The quantitative estimate of drug-likeness (QED) is 0.371. The van der Waals surface area contributed by atoms with Crippen LogP contribution >= 0.6 is 23.2 Å². The molecule has 0 saturated carbocycles. The highest BCUT2D eigenvalue weighted by Crippen LogP contribution is 2.28. The second-order valence-electron chi connectivity index (χ2n) is 7.96. The minimum Gasteiger partial charge on any atom is -0.494 e. The van der Waals surface area contributed by atoms with Crippen molar-refractivity contribution < 1.29 is 19.1 Å². The van der Waals surface area contributed by atoms with Crippen LogP contribution in [-0.4, -0.2) is 25.0 Å². The second kappa shape index (κ2) is 11.3. The second-order valence-corrected chi connectivity index (χ2v) is 8.78. The molecule has 3 aromatic carbocycles. The van der Waals surface area contributed by atoms with Gasteiger partial charge in [-0.25, -0.2) is 0 Å². The molecule has 0 spiro atoms. The Labute approximate surface area is 213 Å². The fourth-order valence-corrected chi connectivity index (χ4v) is 4.25. The van der Waals surface area contributed by atoms with Gasteiger partial charge in [0.15, 0.2) is 0 Å². The molecule has 1 fully saturated rings. The van der Waals surface area contributed by atoms with Crippen molar-refractivity contribution in [3.63, 3.8) is 0 Å². The third-order valence-corrected chi connectivity index (χ3v) is 6.27. The van der Waals surface area contributed by atoms with Crippen LogP contribution < -0.4 is 25.2 Å². The fraction of sp³-hybridized carbons (Fsp3) is 0.231. The summed E-state index contributed by atoms with van der Waals surface area (Å²) in [5, 5.41) is 1.06. The lowest BCUT2D eigenvalue weighted by Gasteiger charge is -2.17. The van der Waals surface area contributed by atoms with Crippen LogP contribution in [0.25, 0.3) is 0 Å². The van der Waals surface area contributed by atoms with E-state index in [-0.39, 0.29) is 24.8 Å². The Balaban J connectivity index is 1.31. The molecule has 1 heterocycles. The first-order valence-corrected chi connectivity index (χ1v) is 11.9. The Morgan fingerprint density at radius 1 is 1.00 bits per heavy atom. The first-order valence-electron chi connectivity index (χ1n) is 11.2. The Kier molecular flexibility index (Phi) is 8.00. The third kappa shape index (κ3) is 6.18. The summed E-state index contributed by atoms with van der Waals surface area (Å²) in [6, 6.07) is 19.7. The first kappa shape index (κ1) is 24.7. The van der Waals surface area contributed by atoms with E-state index in [4.69, 9.17) is 32.7 Å². The van der Waals surface area contributed by atoms with Gasteiger partial charge in [0.2, 0.25) is 11.8 Å². The first-order chi connectivity index (χ1) is 16.9. The van der Waals surface area contributed by atoms with Crippen molar-refractivity contribution >= 4 is 46.4 Å². The van der Waals surface area contributed by atoms with Crippen LogP contribution in [-0.2, 0) is 16.2 Å². The maximum Gasteiger partial charge on any atom is 0.243 e. The van der Waals surface area contributed by atoms with Crippen molar-refractivity contribution in [2.24, 2.45) is 5.92 Å². The summed E-state index contributed by atoms with van der Waals surface area (Å²) < 4.78 is 11.3. The molecule has 1 aliphatic rings. The van der Waals surface area contributed by atoms with Crippen LogP contribution in [0, 0.1) is 5.92 Å². The van der Waals surface area contributed by atoms with E-state index in [1.165, 1.54) is 0 Å². The van der Waals surface area contributed by atoms with Gasteiger partial charge in [-0.2, -0.15) is 0 Å². The lowest BCUT2D eigenvalue weighted by molar-refractivity contribution is -0.125. The zero-order valence-corrected chi connectivity index (χ0v) is 20.6. The Morgan fingerprint density at radius 3 is 2.43 bits per heavy atom. The van der Waals surface area contributed by atoms with Crippen LogP contribution in [0.5, 0.6) is 11.5 Å². The van der Waals surface area contributed by atoms with Crippen molar-refractivity contribution in [1.29, 1.82) is 0 Å². The van der Waals surface area contributed by atoms with E-state index in [9.17, 15) is 9.59 Å². The number of nitrogens with one attached hydrogen (secondary N) is 2. The van der Waals surface area contributed by atoms with Gasteiger partial charge in [-0.3, -0.25) is 20.4 Å². The van der Waals surface area contributed by atoms with Gasteiger partial charge in [0.05, 0.1) is 18.2 Å². The molecule has 2 amide bonds. The average molecular weight is 514 g/mol. The highest BCUT2D eigenvalue weighted by molar-refractivity contribution is 6.35. The summed E-state index contributed by atoms with van der Waals surface area (Å²) in [6.07, 6.45) is 0.141. The zero-order valence-electron chi connectivity index (χ0n) is 19.1. The summed E-state index contributed by atoms with van der Waals surface area (Å²) in [7, 11) is 0. The molecule has 7 nitrogen and oxygen atoms in total. The molecule has 9 heteroatoms. The predicted molar refractivity (Wildman–Crippen MR) is 137 cm³/mol. The summed E-state index contributed by atoms with van der Waals surface area (Å²) >= 11 is 12.4. The normalized spacial score (nSPS) is 15.1. The molecule has 0 aromatic heterocycles. The molecule has 2 N–H and O–H groups in total. The maximum atomic E-state index is 12.7. The van der Waals surface area contributed by atoms with E-state index < -0.39 is 5.92 Å². The van der Waals surface area contributed by atoms with Gasteiger partial charge in [0, 0.05) is 40.3 Å². The number of benzene rings is 3. The van der Waals surface area contributed by atoms with Gasteiger partial charge < -0.3 is 14.4 Å². The molecular formula is C26H25Cl2N3O4. The molecule has 4 rings (SSSR count). The molecular weight excluding hydrogens is 489 g/mol. The van der Waals surface area contributed by atoms with E-state index in [1.807, 2.05) is 31.2 Å². The van der Waals surface area contributed by atoms with Crippen molar-refractivity contribution in [1.82, 2.24) is 5.43 Å². The Morgan fingerprint density at radius 2 is 1.71 bits per heavy atom. The molecule has 0 radical (unpaired) electrons. The molecule has 1 aliphatic heterocycles. The molecule has 35 heavy (non-hydrogen) atoms. The van der Waals surface area contributed by atoms with Gasteiger partial charge >= 0.3 is 0 Å². The summed E-state index contributed by atoms with van der Waals surface area (Å²) in [5.41, 5.74) is 7.66. The smallest absolute Gasteiger partial charge is 0.243 e. The number of carbonyl (C=O) groups excluding carboxylic acids is 2. The molecule has 1 atom stereocenters. The van der Waals surface area contributed by atoms with E-state index in [0.717, 1.165) is 11.4 Å². The number of amides is 2. The molecule has 0 bridgehead atoms. The van der Waals surface area contributed by atoms with Gasteiger partial charge in [-0.15, -0.1) is 0 Å². The molecule has 0 aliphatic carbocycles. The molecule has 182 valence electrons. The summed E-state index contributed by atoms with van der Waals surface area (Å²) in [5.74, 6) is 0.493. The number of rotatable bonds is 9. The highest BCUT2D eigenvalue weighted by atomic mass is 35.5. The molecule has 3 aromatic rings. The minimum atomic E-state index is -0.469. The fourth-order valence-electron chi connectivity index (χ4n) is 3.75. The van der Waals surface area contributed by atoms with Gasteiger partial charge in [-0.1, -0.05) is 35.3 Å². The van der Waals surface area contributed by atoms with E-state index in [0.29, 0.717) is 40.2 Å². The number of hydrogen-bond acceptors (Lipinski definition) is 5. The molecule has 0 unspecified atom stereocenters. The number of carbonyl (C=O) groups is 2. The lowest BCUT2D eigenvalue weighted by atomic mass is 10.1. The van der Waals surface area contributed by atoms with Crippen LogP contribution in [0.15, 0.2) is 66.7 Å². The van der Waals surface area contributed by atoms with Crippen molar-refractivity contribution in [2.75, 3.05) is 23.5 Å². The number of nitrogens with zero attached hydrogens (tertiary/aromatic N) is 1. The maximum absolute atomic E-state index is 12.7. The number of halogens is 2. The van der Waals surface area contributed by atoms with E-state index in [1.54, 1.807) is 47.4 Å². The van der Waals surface area contributed by atoms with Crippen molar-refractivity contribution in [2.45, 2.75) is 20.0 Å². The minimum absolute atomic E-state index is 0.0945. The van der Waals surface area contributed by atoms with Crippen LogP contribution in [0.4, 0.5) is 11.4 Å². The predicted octanol–water partition coefficient (Wildman–Crippen LogP) is 5.47. The summed E-state index contributed by atoms with van der Waals surface area (Å²) in [6.45, 7) is 3.00. The van der Waals surface area contributed by atoms with Crippen LogP contribution in [0.1, 0.15) is 18.9 Å². The standard InChI is InChI=1S/C26H25Cl2N3O4/c1-2-34-20-11-9-19(10-12-20)31-15-17(13-25(31)32)26(33)30-29-18-5-3-6-21(14-18)35-16-22-23(27)7-4-8-24(22)28/h3-12,14,17,29H,2,13,15-16H2,1H3,(H,30,33)/t17-/m1/s1. The largest absolute Gasteiger partial charge is 0.494 e. The van der Waals surface area contributed by atoms with Gasteiger partial charge in [0.25, 0.3) is 0 Å². The number of hydrazine groups is 1. The molecule has 1 saturated heterocycles. The SMILES string of the molecule is CCOc1ccc(N2C[C@H](C(=O)NNc3cccc(OCc4c(Cl)cccc4Cl)c3)CC2=O)cc1. The monoisotopic (exact) mass is 513 g/mol. The van der Waals surface area contributed by atoms with Crippen molar-refractivity contribution in [3.8, 4) is 11.5 Å². The zero-order chi connectivity index (χ0) is 24.8. The van der Waals surface area contributed by atoms with Crippen LogP contribution in [0.3, 0.4) is 0 Å². The van der Waals surface area contributed by atoms with E-state index in [2.05, 4.69) is 10.9 Å². The van der Waals surface area contributed by atoms with E-state index >= 15 is 0 Å². The third-order valence-electron chi connectivity index (χ3n) is 5.56. The summed E-state index contributed by atoms with van der Waals surface area (Å²) in [4.78, 5) is 26.9. The lowest BCUT2D eigenvalue weighted by Crippen LogP contribution is -2.36. The number of ether oxygens (including phenoxy) is 2. The highest BCUT2D eigenvalue weighted by Gasteiger charge is 2.35. The van der Waals surface area contributed by atoms with Crippen LogP contribution in [0.2, 0.25) is 10.0 Å². The number of hydrogen-bond donors (Lipinski definition) is 2. The number of anilines is 2. The van der Waals surface area contributed by atoms with Crippen molar-refractivity contribution in [3.05, 3.63) is 82.3 Å².